The lowest BCUT2D eigenvalue weighted by Crippen LogP contribution is -2.45. The molecule has 0 aliphatic heterocycles. The fraction of sp³-hybridized carbons (Fsp3) is 0.357. The number of ether oxygens (including phenoxy) is 1. The molecule has 0 spiro atoms. The van der Waals surface area contributed by atoms with Gasteiger partial charge in [0.25, 0.3) is 5.91 Å². The summed E-state index contributed by atoms with van der Waals surface area (Å²) in [4.78, 5) is 34.6. The van der Waals surface area contributed by atoms with Crippen LogP contribution in [-0.4, -0.2) is 33.5 Å². The lowest BCUT2D eigenvalue weighted by Gasteiger charge is -2.25. The number of hydrogen-bond donors (Lipinski definition) is 1. The Morgan fingerprint density at radius 1 is 0.914 bits per heavy atom. The molecule has 35 heavy (non-hydrogen) atoms. The van der Waals surface area contributed by atoms with Crippen LogP contribution in [0.15, 0.2) is 65.4 Å². The summed E-state index contributed by atoms with van der Waals surface area (Å²) in [6.07, 6.45) is 3.68. The highest BCUT2D eigenvalue weighted by Crippen LogP contribution is 2.22. The van der Waals surface area contributed by atoms with Gasteiger partial charge in [0.1, 0.15) is 11.6 Å². The second kappa shape index (κ2) is 10.7. The molecule has 2 aromatic carbocycles. The summed E-state index contributed by atoms with van der Waals surface area (Å²) in [6, 6.07) is 14.2. The van der Waals surface area contributed by atoms with Crippen LogP contribution in [0, 0.1) is 0 Å². The first-order valence-electron chi connectivity index (χ1n) is 11.5. The summed E-state index contributed by atoms with van der Waals surface area (Å²) in [5.41, 5.74) is 2.68. The maximum absolute atomic E-state index is 13.0. The Morgan fingerprint density at radius 3 is 2.00 bits per heavy atom. The maximum atomic E-state index is 13.0. The number of amides is 1. The van der Waals surface area contributed by atoms with Gasteiger partial charge in [-0.3, -0.25) is 4.79 Å². The van der Waals surface area contributed by atoms with E-state index in [9.17, 15) is 9.59 Å². The summed E-state index contributed by atoms with van der Waals surface area (Å²) in [7, 11) is 0. The van der Waals surface area contributed by atoms with Gasteiger partial charge in [0.05, 0.1) is 4.47 Å². The van der Waals surface area contributed by atoms with E-state index >= 15 is 0 Å². The Bertz CT molecular complexity index is 1160. The third kappa shape index (κ3) is 7.72. The van der Waals surface area contributed by atoms with Gasteiger partial charge in [0.15, 0.2) is 5.82 Å². The van der Waals surface area contributed by atoms with Crippen molar-refractivity contribution in [2.45, 2.75) is 65.0 Å². The zero-order valence-electron chi connectivity index (χ0n) is 21.1. The van der Waals surface area contributed by atoms with Gasteiger partial charge >= 0.3 is 5.97 Å². The Labute approximate surface area is 215 Å². The molecular formula is C28H32BrN3O3. The first-order chi connectivity index (χ1) is 16.3. The molecule has 1 amide bonds. The van der Waals surface area contributed by atoms with Gasteiger partial charge < -0.3 is 10.1 Å². The summed E-state index contributed by atoms with van der Waals surface area (Å²) in [5, 5.41) is 2.87. The van der Waals surface area contributed by atoms with Crippen LogP contribution in [0.2, 0.25) is 0 Å². The molecule has 1 N–H and O–H groups in total. The zero-order chi connectivity index (χ0) is 25.8. The number of halogens is 1. The predicted molar refractivity (Wildman–Crippen MR) is 141 cm³/mol. The number of carbonyl (C=O) groups is 2. The number of rotatable bonds is 6. The number of esters is 1. The van der Waals surface area contributed by atoms with Crippen molar-refractivity contribution in [2.24, 2.45) is 0 Å². The van der Waals surface area contributed by atoms with Gasteiger partial charge in [0, 0.05) is 29.9 Å². The second-order valence-corrected chi connectivity index (χ2v) is 11.4. The van der Waals surface area contributed by atoms with Crippen molar-refractivity contribution in [1.82, 2.24) is 15.3 Å². The Morgan fingerprint density at radius 2 is 1.49 bits per heavy atom. The van der Waals surface area contributed by atoms with Crippen LogP contribution < -0.4 is 5.32 Å². The standard InChI is InChI=1S/C28H32BrN3O3/c1-27(2,3)21-13-11-20(12-14-21)25(33)32-23(26(34)35-28(4,5)6)15-18-7-9-19(10-8-18)24-30-16-22(29)17-31-24/h7-14,16-17,23H,15H2,1-6H3,(H,32,33). The minimum atomic E-state index is -0.834. The molecule has 0 saturated carbocycles. The first-order valence-corrected chi connectivity index (χ1v) is 12.3. The summed E-state index contributed by atoms with van der Waals surface area (Å²) in [5.74, 6) is -0.186. The van der Waals surface area contributed by atoms with Crippen LogP contribution in [0.3, 0.4) is 0 Å². The van der Waals surface area contributed by atoms with E-state index in [0.717, 1.165) is 21.2 Å². The topological polar surface area (TPSA) is 81.2 Å². The van der Waals surface area contributed by atoms with Crippen LogP contribution in [-0.2, 0) is 21.4 Å². The van der Waals surface area contributed by atoms with Crippen molar-refractivity contribution in [3.63, 3.8) is 0 Å². The summed E-state index contributed by atoms with van der Waals surface area (Å²) >= 11 is 3.34. The number of benzene rings is 2. The lowest BCUT2D eigenvalue weighted by molar-refractivity contribution is -0.157. The molecule has 184 valence electrons. The molecule has 0 saturated heterocycles. The fourth-order valence-corrected chi connectivity index (χ4v) is 3.62. The highest BCUT2D eigenvalue weighted by Gasteiger charge is 2.27. The Balaban J connectivity index is 1.78. The van der Waals surface area contributed by atoms with E-state index in [1.165, 1.54) is 0 Å². The van der Waals surface area contributed by atoms with Gasteiger partial charge in [-0.05, 0) is 65.4 Å². The minimum Gasteiger partial charge on any atom is -0.458 e. The number of nitrogens with zero attached hydrogens (tertiary/aromatic N) is 2. The molecular weight excluding hydrogens is 506 g/mol. The quantitative estimate of drug-likeness (QED) is 0.396. The molecule has 1 heterocycles. The first kappa shape index (κ1) is 26.5. The van der Waals surface area contributed by atoms with Crippen molar-refractivity contribution in [3.05, 3.63) is 82.1 Å². The molecule has 3 rings (SSSR count). The lowest BCUT2D eigenvalue weighted by atomic mass is 9.86. The van der Waals surface area contributed by atoms with E-state index in [-0.39, 0.29) is 11.3 Å². The van der Waals surface area contributed by atoms with E-state index in [4.69, 9.17) is 4.74 Å². The summed E-state index contributed by atoms with van der Waals surface area (Å²) < 4.78 is 6.41. The monoisotopic (exact) mass is 537 g/mol. The maximum Gasteiger partial charge on any atom is 0.329 e. The third-order valence-corrected chi connectivity index (χ3v) is 5.69. The van der Waals surface area contributed by atoms with Crippen molar-refractivity contribution >= 4 is 27.8 Å². The average Bonchev–Trinajstić information content (AvgIpc) is 2.78. The largest absolute Gasteiger partial charge is 0.458 e. The smallest absolute Gasteiger partial charge is 0.329 e. The predicted octanol–water partition coefficient (Wildman–Crippen LogP) is 5.89. The van der Waals surface area contributed by atoms with Gasteiger partial charge in [-0.1, -0.05) is 57.2 Å². The molecule has 1 aromatic heterocycles. The Kier molecular flexibility index (Phi) is 8.11. The molecule has 0 aliphatic rings. The van der Waals surface area contributed by atoms with Gasteiger partial charge in [-0.25, -0.2) is 14.8 Å². The zero-order valence-corrected chi connectivity index (χ0v) is 22.6. The van der Waals surface area contributed by atoms with Crippen molar-refractivity contribution in [2.75, 3.05) is 0 Å². The van der Waals surface area contributed by atoms with Crippen LogP contribution in [0.5, 0.6) is 0 Å². The fourth-order valence-electron chi connectivity index (χ4n) is 3.42. The Hall–Kier alpha value is -3.06. The normalized spacial score (nSPS) is 12.7. The third-order valence-electron chi connectivity index (χ3n) is 5.28. The number of hydrogen-bond acceptors (Lipinski definition) is 5. The van der Waals surface area contributed by atoms with Crippen LogP contribution >= 0.6 is 15.9 Å². The van der Waals surface area contributed by atoms with E-state index < -0.39 is 17.6 Å². The molecule has 7 heteroatoms. The highest BCUT2D eigenvalue weighted by atomic mass is 79.9. The van der Waals surface area contributed by atoms with Crippen molar-refractivity contribution in [3.8, 4) is 11.4 Å². The van der Waals surface area contributed by atoms with Gasteiger partial charge in [0.2, 0.25) is 0 Å². The molecule has 3 aromatic rings. The van der Waals surface area contributed by atoms with E-state index in [1.54, 1.807) is 24.5 Å². The van der Waals surface area contributed by atoms with Crippen LogP contribution in [0.4, 0.5) is 0 Å². The van der Waals surface area contributed by atoms with Gasteiger partial charge in [-0.15, -0.1) is 0 Å². The number of nitrogens with one attached hydrogen (secondary N) is 1. The minimum absolute atomic E-state index is 0.0124. The average molecular weight is 538 g/mol. The van der Waals surface area contributed by atoms with E-state index in [1.807, 2.05) is 57.2 Å². The molecule has 0 radical (unpaired) electrons. The van der Waals surface area contributed by atoms with E-state index in [0.29, 0.717) is 17.8 Å². The van der Waals surface area contributed by atoms with Crippen LogP contribution in [0.25, 0.3) is 11.4 Å². The van der Waals surface area contributed by atoms with Crippen molar-refractivity contribution in [1.29, 1.82) is 0 Å². The molecule has 0 fully saturated rings. The van der Waals surface area contributed by atoms with E-state index in [2.05, 4.69) is 52.0 Å². The number of aromatic nitrogens is 2. The van der Waals surface area contributed by atoms with Crippen molar-refractivity contribution < 1.29 is 14.3 Å². The SMILES string of the molecule is CC(C)(C)OC(=O)C(Cc1ccc(-c2ncc(Br)cn2)cc1)NC(=O)c1ccc(C(C)(C)C)cc1. The number of carbonyl (C=O) groups excluding carboxylic acids is 2. The highest BCUT2D eigenvalue weighted by molar-refractivity contribution is 9.10. The molecule has 0 aliphatic carbocycles. The molecule has 6 nitrogen and oxygen atoms in total. The summed E-state index contributed by atoms with van der Waals surface area (Å²) in [6.45, 7) is 11.8. The second-order valence-electron chi connectivity index (χ2n) is 10.5. The molecule has 1 unspecified atom stereocenters. The van der Waals surface area contributed by atoms with Gasteiger partial charge in [-0.2, -0.15) is 0 Å². The van der Waals surface area contributed by atoms with Crippen LogP contribution in [0.1, 0.15) is 63.0 Å². The molecule has 0 bridgehead atoms. The molecule has 1 atom stereocenters.